The van der Waals surface area contributed by atoms with Crippen molar-refractivity contribution in [3.8, 4) is 0 Å². The summed E-state index contributed by atoms with van der Waals surface area (Å²) in [7, 11) is 0. The molecule has 1 aromatic carbocycles. The molecular formula is C15H13N3O. The van der Waals surface area contributed by atoms with Gasteiger partial charge in [-0.25, -0.2) is 4.98 Å². The van der Waals surface area contributed by atoms with Crippen LogP contribution in [0.4, 0.5) is 5.69 Å². The van der Waals surface area contributed by atoms with E-state index in [1.807, 2.05) is 60.0 Å². The number of amides is 1. The van der Waals surface area contributed by atoms with Crippen LogP contribution < -0.4 is 5.32 Å². The van der Waals surface area contributed by atoms with Crippen LogP contribution in [-0.4, -0.2) is 15.3 Å². The minimum atomic E-state index is -0.200. The first-order valence-electron chi connectivity index (χ1n) is 6.04. The Morgan fingerprint density at radius 3 is 2.89 bits per heavy atom. The van der Waals surface area contributed by atoms with Gasteiger partial charge in [0.1, 0.15) is 11.3 Å². The molecule has 0 saturated carbocycles. The molecule has 0 aliphatic rings. The summed E-state index contributed by atoms with van der Waals surface area (Å²) in [5.41, 5.74) is 3.06. The zero-order valence-electron chi connectivity index (χ0n) is 10.5. The van der Waals surface area contributed by atoms with Crippen molar-refractivity contribution in [1.82, 2.24) is 9.38 Å². The van der Waals surface area contributed by atoms with Crippen LogP contribution in [-0.2, 0) is 0 Å². The van der Waals surface area contributed by atoms with E-state index in [1.54, 1.807) is 6.20 Å². The van der Waals surface area contributed by atoms with Crippen LogP contribution in [0.2, 0.25) is 0 Å². The van der Waals surface area contributed by atoms with Gasteiger partial charge in [0, 0.05) is 18.1 Å². The van der Waals surface area contributed by atoms with Crippen molar-refractivity contribution < 1.29 is 4.79 Å². The van der Waals surface area contributed by atoms with Crippen LogP contribution in [0, 0.1) is 6.92 Å². The van der Waals surface area contributed by atoms with Crippen LogP contribution in [0.25, 0.3) is 5.65 Å². The molecule has 1 amide bonds. The minimum absolute atomic E-state index is 0.200. The van der Waals surface area contributed by atoms with Gasteiger partial charge < -0.3 is 9.72 Å². The topological polar surface area (TPSA) is 46.4 Å². The van der Waals surface area contributed by atoms with E-state index in [-0.39, 0.29) is 5.91 Å². The fourth-order valence-corrected chi connectivity index (χ4v) is 1.96. The highest BCUT2D eigenvalue weighted by molar-refractivity contribution is 6.03. The van der Waals surface area contributed by atoms with Crippen molar-refractivity contribution >= 4 is 17.2 Å². The maximum atomic E-state index is 12.1. The summed E-state index contributed by atoms with van der Waals surface area (Å²) in [6, 6.07) is 13.3. The number of nitrogens with one attached hydrogen (secondary N) is 1. The maximum absolute atomic E-state index is 12.1. The van der Waals surface area contributed by atoms with E-state index in [1.165, 1.54) is 0 Å². The lowest BCUT2D eigenvalue weighted by Crippen LogP contribution is -2.12. The number of rotatable bonds is 2. The molecule has 0 aliphatic heterocycles. The largest absolute Gasteiger partial charge is 0.321 e. The summed E-state index contributed by atoms with van der Waals surface area (Å²) >= 11 is 0. The Bertz CT molecular complexity index is 713. The van der Waals surface area contributed by atoms with Crippen LogP contribution in [0.5, 0.6) is 0 Å². The second-order valence-corrected chi connectivity index (χ2v) is 4.42. The van der Waals surface area contributed by atoms with Gasteiger partial charge in [-0.05, 0) is 36.8 Å². The van der Waals surface area contributed by atoms with Gasteiger partial charge in [0.05, 0.1) is 0 Å². The Morgan fingerprint density at radius 2 is 2.11 bits per heavy atom. The first-order valence-corrected chi connectivity index (χ1v) is 6.04. The molecule has 0 spiro atoms. The molecular weight excluding hydrogens is 238 g/mol. The van der Waals surface area contributed by atoms with Crippen molar-refractivity contribution in [3.05, 3.63) is 66.1 Å². The molecule has 1 N–H and O–H groups in total. The molecule has 0 saturated heterocycles. The summed E-state index contributed by atoms with van der Waals surface area (Å²) in [4.78, 5) is 16.4. The van der Waals surface area contributed by atoms with Crippen LogP contribution in [0.1, 0.15) is 16.1 Å². The van der Waals surface area contributed by atoms with E-state index >= 15 is 0 Å². The van der Waals surface area contributed by atoms with E-state index in [0.717, 1.165) is 16.9 Å². The van der Waals surface area contributed by atoms with Gasteiger partial charge in [0.25, 0.3) is 5.91 Å². The molecule has 0 atom stereocenters. The fraction of sp³-hybridized carbons (Fsp3) is 0.0667. The fourth-order valence-electron chi connectivity index (χ4n) is 1.96. The Kier molecular flexibility index (Phi) is 2.76. The molecule has 0 unspecified atom stereocenters. The van der Waals surface area contributed by atoms with Gasteiger partial charge in [0.15, 0.2) is 0 Å². The molecule has 0 aliphatic carbocycles. The Labute approximate surface area is 110 Å². The summed E-state index contributed by atoms with van der Waals surface area (Å²) in [6.07, 6.45) is 3.59. The van der Waals surface area contributed by atoms with E-state index in [4.69, 9.17) is 0 Å². The molecule has 3 aromatic rings. The number of aryl methyl sites for hydroxylation is 1. The van der Waals surface area contributed by atoms with E-state index in [0.29, 0.717) is 5.69 Å². The number of aromatic nitrogens is 2. The molecule has 2 aromatic heterocycles. The lowest BCUT2D eigenvalue weighted by atomic mass is 10.2. The lowest BCUT2D eigenvalue weighted by Gasteiger charge is -2.03. The van der Waals surface area contributed by atoms with Gasteiger partial charge in [0.2, 0.25) is 0 Å². The average molecular weight is 251 g/mol. The molecule has 94 valence electrons. The monoisotopic (exact) mass is 251 g/mol. The number of hydrogen-bond donors (Lipinski definition) is 1. The van der Waals surface area contributed by atoms with E-state index < -0.39 is 0 Å². The number of carbonyl (C=O) groups excluding carboxylic acids is 1. The van der Waals surface area contributed by atoms with Gasteiger partial charge >= 0.3 is 0 Å². The number of imidazole rings is 1. The smallest absolute Gasteiger partial charge is 0.275 e. The number of carbonyl (C=O) groups is 1. The average Bonchev–Trinajstić information content (AvgIpc) is 2.82. The standard InChI is InChI=1S/C15H13N3O/c1-11-5-4-6-12(9-11)16-15(19)13-10-18-8-3-2-7-14(18)17-13/h2-10H,1H3,(H,16,19). The highest BCUT2D eigenvalue weighted by atomic mass is 16.1. The maximum Gasteiger partial charge on any atom is 0.275 e. The lowest BCUT2D eigenvalue weighted by molar-refractivity contribution is 0.102. The highest BCUT2D eigenvalue weighted by Gasteiger charge is 2.10. The third-order valence-electron chi connectivity index (χ3n) is 2.87. The summed E-state index contributed by atoms with van der Waals surface area (Å²) in [5.74, 6) is -0.200. The number of hydrogen-bond acceptors (Lipinski definition) is 2. The zero-order chi connectivity index (χ0) is 13.2. The summed E-state index contributed by atoms with van der Waals surface area (Å²) in [5, 5.41) is 2.85. The van der Waals surface area contributed by atoms with Crippen LogP contribution >= 0.6 is 0 Å². The highest BCUT2D eigenvalue weighted by Crippen LogP contribution is 2.12. The quantitative estimate of drug-likeness (QED) is 0.761. The molecule has 0 bridgehead atoms. The second-order valence-electron chi connectivity index (χ2n) is 4.42. The SMILES string of the molecule is Cc1cccc(NC(=O)c2cn3ccccc3n2)c1. The van der Waals surface area contributed by atoms with Gasteiger partial charge in [-0.1, -0.05) is 18.2 Å². The number of pyridine rings is 1. The minimum Gasteiger partial charge on any atom is -0.321 e. The summed E-state index contributed by atoms with van der Waals surface area (Å²) < 4.78 is 1.82. The van der Waals surface area contributed by atoms with E-state index in [2.05, 4.69) is 10.3 Å². The van der Waals surface area contributed by atoms with Gasteiger partial charge in [-0.2, -0.15) is 0 Å². The van der Waals surface area contributed by atoms with Crippen molar-refractivity contribution in [2.75, 3.05) is 5.32 Å². The second kappa shape index (κ2) is 4.57. The first kappa shape index (κ1) is 11.5. The number of fused-ring (bicyclic) bond motifs is 1. The molecule has 0 radical (unpaired) electrons. The number of benzene rings is 1. The van der Waals surface area contributed by atoms with Gasteiger partial charge in [-0.3, -0.25) is 4.79 Å². The zero-order valence-corrected chi connectivity index (χ0v) is 10.5. The molecule has 3 rings (SSSR count). The van der Waals surface area contributed by atoms with Crippen molar-refractivity contribution in [1.29, 1.82) is 0 Å². The van der Waals surface area contributed by atoms with E-state index in [9.17, 15) is 4.79 Å². The molecule has 0 fully saturated rings. The molecule has 4 heteroatoms. The Morgan fingerprint density at radius 1 is 1.21 bits per heavy atom. The molecule has 4 nitrogen and oxygen atoms in total. The molecule has 19 heavy (non-hydrogen) atoms. The normalized spacial score (nSPS) is 10.6. The molecule has 2 heterocycles. The van der Waals surface area contributed by atoms with Crippen molar-refractivity contribution in [3.63, 3.8) is 0 Å². The third kappa shape index (κ3) is 2.33. The Hall–Kier alpha value is -2.62. The third-order valence-corrected chi connectivity index (χ3v) is 2.87. The van der Waals surface area contributed by atoms with Gasteiger partial charge in [-0.15, -0.1) is 0 Å². The first-order chi connectivity index (χ1) is 9.22. The van der Waals surface area contributed by atoms with Crippen LogP contribution in [0.3, 0.4) is 0 Å². The summed E-state index contributed by atoms with van der Waals surface area (Å²) in [6.45, 7) is 1.99. The Balaban J connectivity index is 1.87. The predicted molar refractivity (Wildman–Crippen MR) is 74.3 cm³/mol. The predicted octanol–water partition coefficient (Wildman–Crippen LogP) is 2.90. The van der Waals surface area contributed by atoms with Crippen molar-refractivity contribution in [2.45, 2.75) is 6.92 Å². The van der Waals surface area contributed by atoms with Crippen molar-refractivity contribution in [2.24, 2.45) is 0 Å². The van der Waals surface area contributed by atoms with Crippen LogP contribution in [0.15, 0.2) is 54.9 Å². The number of anilines is 1. The number of nitrogens with zero attached hydrogens (tertiary/aromatic N) is 2.